The number of thiazole rings is 1. The van der Waals surface area contributed by atoms with Crippen LogP contribution >= 0.6 is 11.3 Å². The van der Waals surface area contributed by atoms with Crippen molar-refractivity contribution >= 4 is 32.7 Å². The molecule has 3 aromatic rings. The van der Waals surface area contributed by atoms with E-state index < -0.39 is 0 Å². The van der Waals surface area contributed by atoms with Gasteiger partial charge in [0.15, 0.2) is 5.13 Å². The first kappa shape index (κ1) is 18.3. The second-order valence-electron chi connectivity index (χ2n) is 7.55. The molecule has 1 atom stereocenters. The van der Waals surface area contributed by atoms with Crippen molar-refractivity contribution in [2.45, 2.75) is 18.9 Å². The second-order valence-corrected chi connectivity index (χ2v) is 8.58. The van der Waals surface area contributed by atoms with Gasteiger partial charge in [-0.05, 0) is 68.2 Å². The molecule has 0 aliphatic carbocycles. The lowest BCUT2D eigenvalue weighted by atomic mass is 9.84. The van der Waals surface area contributed by atoms with Gasteiger partial charge in [0, 0.05) is 18.7 Å². The quantitative estimate of drug-likeness (QED) is 0.665. The molecule has 2 N–H and O–H groups in total. The number of rotatable bonds is 4. The molecule has 1 aromatic heterocycles. The Labute approximate surface area is 171 Å². The van der Waals surface area contributed by atoms with Crippen molar-refractivity contribution in [1.82, 2.24) is 15.2 Å². The molecule has 3 aliphatic heterocycles. The zero-order chi connectivity index (χ0) is 19.8. The third kappa shape index (κ3) is 4.04. The van der Waals surface area contributed by atoms with E-state index in [1.807, 2.05) is 18.2 Å². The first-order valence-corrected chi connectivity index (χ1v) is 10.6. The fraction of sp³-hybridized carbons (Fsp3) is 0.333. The average Bonchev–Trinajstić information content (AvgIpc) is 3.12. The zero-order valence-corrected chi connectivity index (χ0v) is 16.5. The first-order chi connectivity index (χ1) is 14.1. The summed E-state index contributed by atoms with van der Waals surface area (Å²) in [5, 5.41) is 6.53. The van der Waals surface area contributed by atoms with E-state index in [9.17, 15) is 9.18 Å². The maximum Gasteiger partial charge on any atom is 0.321 e. The van der Waals surface area contributed by atoms with Gasteiger partial charge in [-0.25, -0.2) is 14.2 Å². The molecular formula is C21H21FN4O2S. The molecule has 29 heavy (non-hydrogen) atoms. The van der Waals surface area contributed by atoms with Gasteiger partial charge in [0.25, 0.3) is 0 Å². The Kier molecular flexibility index (Phi) is 4.81. The van der Waals surface area contributed by atoms with Crippen LogP contribution in [0.25, 0.3) is 10.2 Å². The molecule has 4 heterocycles. The number of benzene rings is 2. The number of hydrogen-bond donors (Lipinski definition) is 2. The number of aromatic nitrogens is 1. The molecule has 0 saturated carbocycles. The van der Waals surface area contributed by atoms with Crippen LogP contribution in [0.4, 0.5) is 14.3 Å². The molecule has 0 radical (unpaired) electrons. The third-order valence-electron chi connectivity index (χ3n) is 5.60. The highest BCUT2D eigenvalue weighted by molar-refractivity contribution is 7.22. The molecular weight excluding hydrogens is 391 g/mol. The van der Waals surface area contributed by atoms with Gasteiger partial charge >= 0.3 is 6.03 Å². The number of carbonyl (C=O) groups is 1. The number of anilines is 1. The van der Waals surface area contributed by atoms with Crippen molar-refractivity contribution in [2.75, 3.05) is 25.0 Å². The largest absolute Gasteiger partial charge is 0.457 e. The molecule has 2 aromatic carbocycles. The molecule has 6 nitrogen and oxygen atoms in total. The number of nitrogens with zero attached hydrogens (tertiary/aromatic N) is 2. The fourth-order valence-corrected chi connectivity index (χ4v) is 4.98. The van der Waals surface area contributed by atoms with Crippen LogP contribution in [0.1, 0.15) is 12.8 Å². The van der Waals surface area contributed by atoms with E-state index in [1.54, 1.807) is 12.1 Å². The molecule has 8 heteroatoms. The topological polar surface area (TPSA) is 66.5 Å². The van der Waals surface area contributed by atoms with Gasteiger partial charge in [0.1, 0.15) is 17.3 Å². The third-order valence-corrected chi connectivity index (χ3v) is 6.54. The lowest BCUT2D eigenvalue weighted by molar-refractivity contribution is 0.0777. The zero-order valence-electron chi connectivity index (χ0n) is 15.7. The van der Waals surface area contributed by atoms with E-state index in [-0.39, 0.29) is 17.9 Å². The predicted molar refractivity (Wildman–Crippen MR) is 111 cm³/mol. The summed E-state index contributed by atoms with van der Waals surface area (Å²) < 4.78 is 19.7. The second kappa shape index (κ2) is 7.61. The predicted octanol–water partition coefficient (Wildman–Crippen LogP) is 4.44. The summed E-state index contributed by atoms with van der Waals surface area (Å²) in [6.45, 7) is 3.22. The Morgan fingerprint density at radius 1 is 1.14 bits per heavy atom. The summed E-state index contributed by atoms with van der Waals surface area (Å²) in [6.07, 6.45) is 2.31. The number of amides is 2. The number of fused-ring (bicyclic) bond motifs is 4. The molecule has 3 fully saturated rings. The summed E-state index contributed by atoms with van der Waals surface area (Å²) in [4.78, 5) is 19.3. The highest BCUT2D eigenvalue weighted by atomic mass is 32.1. The Bertz CT molecular complexity index is 1030. The van der Waals surface area contributed by atoms with Crippen molar-refractivity contribution in [3.05, 3.63) is 48.3 Å². The van der Waals surface area contributed by atoms with Gasteiger partial charge in [-0.3, -0.25) is 5.32 Å². The van der Waals surface area contributed by atoms with Crippen molar-refractivity contribution in [1.29, 1.82) is 0 Å². The van der Waals surface area contributed by atoms with Crippen LogP contribution < -0.4 is 15.4 Å². The van der Waals surface area contributed by atoms with Crippen LogP contribution in [0.15, 0.2) is 42.5 Å². The minimum atomic E-state index is -0.303. The van der Waals surface area contributed by atoms with E-state index in [0.29, 0.717) is 22.5 Å². The van der Waals surface area contributed by atoms with Crippen LogP contribution in [-0.4, -0.2) is 41.6 Å². The molecule has 1 unspecified atom stereocenters. The number of hydrogen-bond acceptors (Lipinski definition) is 5. The number of piperidine rings is 3. The van der Waals surface area contributed by atoms with Gasteiger partial charge in [-0.2, -0.15) is 0 Å². The summed E-state index contributed by atoms with van der Waals surface area (Å²) in [6, 6.07) is 11.4. The molecule has 3 saturated heterocycles. The monoisotopic (exact) mass is 412 g/mol. The van der Waals surface area contributed by atoms with Crippen molar-refractivity contribution < 1.29 is 13.9 Å². The number of urea groups is 1. The number of halogens is 1. The van der Waals surface area contributed by atoms with E-state index in [2.05, 4.69) is 20.5 Å². The highest BCUT2D eigenvalue weighted by Gasteiger charge is 2.34. The summed E-state index contributed by atoms with van der Waals surface area (Å²) in [5.74, 6) is 1.47. The van der Waals surface area contributed by atoms with E-state index in [1.165, 1.54) is 23.5 Å². The highest BCUT2D eigenvalue weighted by Crippen LogP contribution is 2.32. The number of carbonyl (C=O) groups excluding carboxylic acids is 1. The molecule has 0 spiro atoms. The van der Waals surface area contributed by atoms with Gasteiger partial charge < -0.3 is 15.0 Å². The Hall–Kier alpha value is -2.71. The molecule has 6 rings (SSSR count). The van der Waals surface area contributed by atoms with Crippen LogP contribution in [0.5, 0.6) is 11.5 Å². The molecule has 2 bridgehead atoms. The van der Waals surface area contributed by atoms with E-state index >= 15 is 0 Å². The van der Waals surface area contributed by atoms with Crippen LogP contribution in [0, 0.1) is 11.7 Å². The van der Waals surface area contributed by atoms with Crippen molar-refractivity contribution in [2.24, 2.45) is 5.92 Å². The van der Waals surface area contributed by atoms with Gasteiger partial charge in [0.2, 0.25) is 0 Å². The van der Waals surface area contributed by atoms with E-state index in [4.69, 9.17) is 4.74 Å². The fourth-order valence-electron chi connectivity index (χ4n) is 4.09. The SMILES string of the molecule is O=C(Nc1nc2ccc(Oc3ccc(F)cc3)cc2s1)NC1CN2CCC1CC2. The maximum atomic E-state index is 13.0. The smallest absolute Gasteiger partial charge is 0.321 e. The lowest BCUT2D eigenvalue weighted by Crippen LogP contribution is -2.57. The van der Waals surface area contributed by atoms with Gasteiger partial charge in [-0.15, -0.1) is 0 Å². The van der Waals surface area contributed by atoms with Crippen molar-refractivity contribution in [3.8, 4) is 11.5 Å². The Balaban J connectivity index is 1.25. The van der Waals surface area contributed by atoms with Crippen LogP contribution in [0.3, 0.4) is 0 Å². The molecule has 3 aliphatic rings. The minimum Gasteiger partial charge on any atom is -0.457 e. The lowest BCUT2D eigenvalue weighted by Gasteiger charge is -2.44. The molecule has 2 amide bonds. The first-order valence-electron chi connectivity index (χ1n) is 9.76. The summed E-state index contributed by atoms with van der Waals surface area (Å²) >= 11 is 1.40. The molecule has 150 valence electrons. The summed E-state index contributed by atoms with van der Waals surface area (Å²) in [5.41, 5.74) is 0.791. The Morgan fingerprint density at radius 3 is 2.62 bits per heavy atom. The van der Waals surface area contributed by atoms with Crippen molar-refractivity contribution in [3.63, 3.8) is 0 Å². The van der Waals surface area contributed by atoms with Gasteiger partial charge in [0.05, 0.1) is 10.2 Å². The standard InChI is InChI=1S/C21H21FN4O2S/c22-14-1-3-15(4-2-14)28-16-5-6-17-19(11-16)29-21(24-17)25-20(27)23-18-12-26-9-7-13(18)8-10-26/h1-6,11,13,18H,7-10,12H2,(H2,23,24,25,27). The van der Waals surface area contributed by atoms with Crippen LogP contribution in [0.2, 0.25) is 0 Å². The summed E-state index contributed by atoms with van der Waals surface area (Å²) in [7, 11) is 0. The maximum absolute atomic E-state index is 13.0. The average molecular weight is 412 g/mol. The number of nitrogens with one attached hydrogen (secondary N) is 2. The Morgan fingerprint density at radius 2 is 1.90 bits per heavy atom. The van der Waals surface area contributed by atoms with Crippen LogP contribution in [-0.2, 0) is 0 Å². The number of ether oxygens (including phenoxy) is 1. The normalized spacial score (nSPS) is 23.1. The van der Waals surface area contributed by atoms with Gasteiger partial charge in [-0.1, -0.05) is 11.3 Å². The minimum absolute atomic E-state index is 0.203. The van der Waals surface area contributed by atoms with E-state index in [0.717, 1.165) is 42.7 Å².